The third-order valence-electron chi connectivity index (χ3n) is 2.36. The van der Waals surface area contributed by atoms with Crippen molar-refractivity contribution >= 4 is 33.3 Å². The molecular formula is C13H8BrF3N2O. The van der Waals surface area contributed by atoms with Crippen molar-refractivity contribution in [2.45, 2.75) is 0 Å². The summed E-state index contributed by atoms with van der Waals surface area (Å²) in [6.45, 7) is 0. The zero-order chi connectivity index (χ0) is 14.7. The van der Waals surface area contributed by atoms with E-state index in [9.17, 15) is 18.0 Å². The SMILES string of the molecule is O=C(Nc1ccc(F)cc1F)Nc1ccc(Br)cc1F. The van der Waals surface area contributed by atoms with E-state index in [1.54, 1.807) is 0 Å². The van der Waals surface area contributed by atoms with Crippen molar-refractivity contribution in [3.8, 4) is 0 Å². The molecule has 7 heteroatoms. The van der Waals surface area contributed by atoms with Crippen LogP contribution in [0.3, 0.4) is 0 Å². The summed E-state index contributed by atoms with van der Waals surface area (Å²) in [7, 11) is 0. The summed E-state index contributed by atoms with van der Waals surface area (Å²) in [6, 6.07) is 5.93. The molecule has 3 nitrogen and oxygen atoms in total. The molecule has 0 spiro atoms. The molecule has 0 aliphatic carbocycles. The maximum absolute atomic E-state index is 13.5. The van der Waals surface area contributed by atoms with Gasteiger partial charge in [-0.25, -0.2) is 18.0 Å². The molecule has 104 valence electrons. The van der Waals surface area contributed by atoms with E-state index in [0.29, 0.717) is 10.5 Å². The molecule has 0 aromatic heterocycles. The summed E-state index contributed by atoms with van der Waals surface area (Å²) in [6.07, 6.45) is 0. The van der Waals surface area contributed by atoms with Gasteiger partial charge in [-0.05, 0) is 30.3 Å². The Balaban J connectivity index is 2.09. The van der Waals surface area contributed by atoms with Gasteiger partial charge in [-0.15, -0.1) is 0 Å². The zero-order valence-corrected chi connectivity index (χ0v) is 11.5. The van der Waals surface area contributed by atoms with Gasteiger partial charge in [0.05, 0.1) is 11.4 Å². The average molecular weight is 345 g/mol. The molecule has 0 fully saturated rings. The largest absolute Gasteiger partial charge is 0.323 e. The summed E-state index contributed by atoms with van der Waals surface area (Å²) in [5, 5.41) is 4.38. The number of hydrogen-bond donors (Lipinski definition) is 2. The molecule has 0 aliphatic rings. The number of halogens is 4. The lowest BCUT2D eigenvalue weighted by Gasteiger charge is -2.09. The van der Waals surface area contributed by atoms with E-state index in [1.165, 1.54) is 18.2 Å². The number of rotatable bonds is 2. The summed E-state index contributed by atoms with van der Waals surface area (Å²) < 4.78 is 40.0. The van der Waals surface area contributed by atoms with Gasteiger partial charge in [-0.3, -0.25) is 0 Å². The number of carbonyl (C=O) groups is 1. The summed E-state index contributed by atoms with van der Waals surface area (Å²) in [5.41, 5.74) is -0.269. The zero-order valence-electron chi connectivity index (χ0n) is 9.88. The lowest BCUT2D eigenvalue weighted by molar-refractivity contribution is 0.262. The minimum Gasteiger partial charge on any atom is -0.305 e. The van der Waals surface area contributed by atoms with Crippen LogP contribution in [0.15, 0.2) is 40.9 Å². The lowest BCUT2D eigenvalue weighted by Crippen LogP contribution is -2.20. The van der Waals surface area contributed by atoms with Crippen LogP contribution in [0, 0.1) is 17.5 Å². The van der Waals surface area contributed by atoms with Crippen molar-refractivity contribution in [3.63, 3.8) is 0 Å². The second-order valence-corrected chi connectivity index (χ2v) is 4.74. The quantitative estimate of drug-likeness (QED) is 0.826. The van der Waals surface area contributed by atoms with Gasteiger partial charge in [0.25, 0.3) is 0 Å². The van der Waals surface area contributed by atoms with Crippen LogP contribution in [0.25, 0.3) is 0 Å². The standard InChI is InChI=1S/C13H8BrF3N2O/c14-7-1-3-11(9(16)5-7)18-13(20)19-12-4-2-8(15)6-10(12)17/h1-6H,(H2,18,19,20). The van der Waals surface area contributed by atoms with Crippen LogP contribution in [0.4, 0.5) is 29.3 Å². The minimum atomic E-state index is -0.920. The molecule has 2 aromatic rings. The van der Waals surface area contributed by atoms with E-state index in [4.69, 9.17) is 0 Å². The van der Waals surface area contributed by atoms with E-state index < -0.39 is 23.5 Å². The molecule has 0 bridgehead atoms. The van der Waals surface area contributed by atoms with E-state index in [2.05, 4.69) is 26.6 Å². The van der Waals surface area contributed by atoms with Crippen molar-refractivity contribution in [2.75, 3.05) is 10.6 Å². The lowest BCUT2D eigenvalue weighted by atomic mass is 10.3. The van der Waals surface area contributed by atoms with Gasteiger partial charge in [-0.1, -0.05) is 15.9 Å². The van der Waals surface area contributed by atoms with Crippen LogP contribution < -0.4 is 10.6 Å². The van der Waals surface area contributed by atoms with Gasteiger partial charge in [0.15, 0.2) is 0 Å². The van der Waals surface area contributed by atoms with Crippen LogP contribution in [0.1, 0.15) is 0 Å². The molecule has 2 rings (SSSR count). The highest BCUT2D eigenvalue weighted by Gasteiger charge is 2.10. The Labute approximate surface area is 120 Å². The topological polar surface area (TPSA) is 41.1 Å². The molecule has 2 aromatic carbocycles. The molecular weight excluding hydrogens is 337 g/mol. The third-order valence-corrected chi connectivity index (χ3v) is 2.85. The second-order valence-electron chi connectivity index (χ2n) is 3.83. The first-order valence-electron chi connectivity index (χ1n) is 5.44. The summed E-state index contributed by atoms with van der Waals surface area (Å²) in [4.78, 5) is 11.6. The van der Waals surface area contributed by atoms with Crippen LogP contribution in [0.5, 0.6) is 0 Å². The Morgan fingerprint density at radius 3 is 2.00 bits per heavy atom. The van der Waals surface area contributed by atoms with Gasteiger partial charge in [-0.2, -0.15) is 0 Å². The summed E-state index contributed by atoms with van der Waals surface area (Å²) >= 11 is 3.08. The van der Waals surface area contributed by atoms with E-state index in [0.717, 1.165) is 12.1 Å². The number of amides is 2. The Morgan fingerprint density at radius 1 is 0.900 bits per heavy atom. The van der Waals surface area contributed by atoms with Gasteiger partial charge in [0, 0.05) is 10.5 Å². The number of hydrogen-bond acceptors (Lipinski definition) is 1. The first-order chi connectivity index (χ1) is 9.45. The highest BCUT2D eigenvalue weighted by Crippen LogP contribution is 2.20. The van der Waals surface area contributed by atoms with Crippen molar-refractivity contribution in [3.05, 3.63) is 58.3 Å². The molecule has 0 radical (unpaired) electrons. The number of carbonyl (C=O) groups excluding carboxylic acids is 1. The molecule has 0 unspecified atom stereocenters. The molecule has 0 atom stereocenters. The Morgan fingerprint density at radius 2 is 1.45 bits per heavy atom. The molecule has 0 saturated heterocycles. The maximum atomic E-state index is 13.5. The predicted octanol–water partition coefficient (Wildman–Crippen LogP) is 4.51. The predicted molar refractivity (Wildman–Crippen MR) is 73.1 cm³/mol. The van der Waals surface area contributed by atoms with Crippen LogP contribution >= 0.6 is 15.9 Å². The first-order valence-corrected chi connectivity index (χ1v) is 6.23. The molecule has 0 heterocycles. The monoisotopic (exact) mass is 344 g/mol. The number of nitrogens with one attached hydrogen (secondary N) is 2. The van der Waals surface area contributed by atoms with E-state index in [-0.39, 0.29) is 11.4 Å². The molecule has 0 saturated carbocycles. The highest BCUT2D eigenvalue weighted by atomic mass is 79.9. The smallest absolute Gasteiger partial charge is 0.305 e. The average Bonchev–Trinajstić information content (AvgIpc) is 2.36. The van der Waals surface area contributed by atoms with Crippen molar-refractivity contribution in [1.82, 2.24) is 0 Å². The van der Waals surface area contributed by atoms with E-state index >= 15 is 0 Å². The van der Waals surface area contributed by atoms with Gasteiger partial charge in [0.2, 0.25) is 0 Å². The minimum absolute atomic E-state index is 0.0618. The highest BCUT2D eigenvalue weighted by molar-refractivity contribution is 9.10. The number of anilines is 2. The fraction of sp³-hybridized carbons (Fsp3) is 0. The Bertz CT molecular complexity index is 609. The number of benzene rings is 2. The Kier molecular flexibility index (Phi) is 4.29. The fourth-order valence-electron chi connectivity index (χ4n) is 1.46. The van der Waals surface area contributed by atoms with Crippen LogP contribution in [0.2, 0.25) is 0 Å². The summed E-state index contributed by atoms with van der Waals surface area (Å²) in [5.74, 6) is -2.32. The van der Waals surface area contributed by atoms with Crippen LogP contribution in [-0.4, -0.2) is 6.03 Å². The Hall–Kier alpha value is -2.02. The third kappa shape index (κ3) is 3.51. The van der Waals surface area contributed by atoms with Crippen molar-refractivity contribution in [1.29, 1.82) is 0 Å². The second kappa shape index (κ2) is 5.96. The van der Waals surface area contributed by atoms with Gasteiger partial charge < -0.3 is 10.6 Å². The number of urea groups is 1. The van der Waals surface area contributed by atoms with Crippen LogP contribution in [-0.2, 0) is 0 Å². The first kappa shape index (κ1) is 14.4. The van der Waals surface area contributed by atoms with Gasteiger partial charge in [0.1, 0.15) is 17.5 Å². The van der Waals surface area contributed by atoms with E-state index in [1.807, 2.05) is 0 Å². The fourth-order valence-corrected chi connectivity index (χ4v) is 1.79. The molecule has 20 heavy (non-hydrogen) atoms. The normalized spacial score (nSPS) is 10.2. The molecule has 0 aliphatic heterocycles. The molecule has 2 N–H and O–H groups in total. The van der Waals surface area contributed by atoms with Crippen molar-refractivity contribution < 1.29 is 18.0 Å². The van der Waals surface area contributed by atoms with Crippen molar-refractivity contribution in [2.24, 2.45) is 0 Å². The van der Waals surface area contributed by atoms with Gasteiger partial charge >= 0.3 is 6.03 Å². The maximum Gasteiger partial charge on any atom is 0.323 e. The molecule has 2 amide bonds.